The highest BCUT2D eigenvalue weighted by Gasteiger charge is 1.96. The summed E-state index contributed by atoms with van der Waals surface area (Å²) in [5, 5.41) is 5.46. The van der Waals surface area contributed by atoms with Crippen molar-refractivity contribution in [1.82, 2.24) is 10.3 Å². The SMILES string of the molecule is Nc1cccc(CCCNCc2cscn2)c1. The van der Waals surface area contributed by atoms with E-state index in [1.54, 1.807) is 11.3 Å². The van der Waals surface area contributed by atoms with Crippen molar-refractivity contribution in [2.75, 3.05) is 12.3 Å². The number of hydrogen-bond donors (Lipinski definition) is 2. The molecule has 17 heavy (non-hydrogen) atoms. The normalized spacial score (nSPS) is 10.6. The Labute approximate surface area is 106 Å². The topological polar surface area (TPSA) is 50.9 Å². The van der Waals surface area contributed by atoms with Crippen LogP contribution in [0.5, 0.6) is 0 Å². The lowest BCUT2D eigenvalue weighted by Crippen LogP contribution is -2.15. The van der Waals surface area contributed by atoms with Crippen LogP contribution in [-0.4, -0.2) is 11.5 Å². The summed E-state index contributed by atoms with van der Waals surface area (Å²) in [6.45, 7) is 1.87. The Morgan fingerprint density at radius 3 is 3.06 bits per heavy atom. The van der Waals surface area contributed by atoms with E-state index in [4.69, 9.17) is 5.73 Å². The summed E-state index contributed by atoms with van der Waals surface area (Å²) in [4.78, 5) is 4.22. The van der Waals surface area contributed by atoms with Crippen molar-refractivity contribution in [2.24, 2.45) is 0 Å². The van der Waals surface area contributed by atoms with Gasteiger partial charge in [-0.2, -0.15) is 0 Å². The molecule has 3 nitrogen and oxygen atoms in total. The molecule has 0 atom stereocenters. The molecular weight excluding hydrogens is 230 g/mol. The molecule has 1 heterocycles. The molecule has 0 amide bonds. The molecule has 4 heteroatoms. The number of nitrogen functional groups attached to an aromatic ring is 1. The van der Waals surface area contributed by atoms with Gasteiger partial charge in [0.25, 0.3) is 0 Å². The van der Waals surface area contributed by atoms with Crippen molar-refractivity contribution in [3.8, 4) is 0 Å². The minimum absolute atomic E-state index is 0.845. The minimum Gasteiger partial charge on any atom is -0.399 e. The molecule has 1 aromatic carbocycles. The summed E-state index contributed by atoms with van der Waals surface area (Å²) in [5.74, 6) is 0. The summed E-state index contributed by atoms with van der Waals surface area (Å²) < 4.78 is 0. The zero-order chi connectivity index (χ0) is 11.9. The Balaban J connectivity index is 1.63. The van der Waals surface area contributed by atoms with Crippen LogP contribution in [0.4, 0.5) is 5.69 Å². The molecule has 0 spiro atoms. The molecule has 3 N–H and O–H groups in total. The third-order valence-electron chi connectivity index (χ3n) is 2.56. The smallest absolute Gasteiger partial charge is 0.0795 e. The van der Waals surface area contributed by atoms with E-state index in [-0.39, 0.29) is 0 Å². The van der Waals surface area contributed by atoms with Crippen molar-refractivity contribution in [3.63, 3.8) is 0 Å². The second kappa shape index (κ2) is 6.37. The molecule has 2 rings (SSSR count). The Kier molecular flexibility index (Phi) is 4.53. The van der Waals surface area contributed by atoms with Crippen LogP contribution in [-0.2, 0) is 13.0 Å². The van der Waals surface area contributed by atoms with E-state index in [0.717, 1.165) is 37.3 Å². The zero-order valence-electron chi connectivity index (χ0n) is 9.73. The quantitative estimate of drug-likeness (QED) is 0.609. The zero-order valence-corrected chi connectivity index (χ0v) is 10.5. The van der Waals surface area contributed by atoms with Gasteiger partial charge < -0.3 is 11.1 Å². The lowest BCUT2D eigenvalue weighted by Gasteiger charge is -2.04. The summed E-state index contributed by atoms with van der Waals surface area (Å²) in [5.41, 5.74) is 10.9. The highest BCUT2D eigenvalue weighted by Crippen LogP contribution is 2.08. The van der Waals surface area contributed by atoms with Gasteiger partial charge in [0.1, 0.15) is 0 Å². The Bertz CT molecular complexity index is 440. The first kappa shape index (κ1) is 12.1. The molecular formula is C13H17N3S. The highest BCUT2D eigenvalue weighted by atomic mass is 32.1. The van der Waals surface area contributed by atoms with Crippen LogP contribution in [0.25, 0.3) is 0 Å². The molecule has 0 unspecified atom stereocenters. The lowest BCUT2D eigenvalue weighted by molar-refractivity contribution is 0.643. The van der Waals surface area contributed by atoms with E-state index < -0.39 is 0 Å². The van der Waals surface area contributed by atoms with E-state index in [0.29, 0.717) is 0 Å². The maximum absolute atomic E-state index is 5.73. The number of aromatic nitrogens is 1. The van der Waals surface area contributed by atoms with Crippen LogP contribution in [0.2, 0.25) is 0 Å². The monoisotopic (exact) mass is 247 g/mol. The predicted octanol–water partition coefficient (Wildman–Crippen LogP) is 2.45. The van der Waals surface area contributed by atoms with Gasteiger partial charge in [-0.05, 0) is 37.1 Å². The fraction of sp³-hybridized carbons (Fsp3) is 0.308. The number of rotatable bonds is 6. The van der Waals surface area contributed by atoms with E-state index in [1.807, 2.05) is 23.7 Å². The van der Waals surface area contributed by atoms with Crippen LogP contribution in [0.1, 0.15) is 17.7 Å². The minimum atomic E-state index is 0.845. The maximum atomic E-state index is 5.73. The van der Waals surface area contributed by atoms with Gasteiger partial charge in [0, 0.05) is 17.6 Å². The molecule has 0 radical (unpaired) electrons. The van der Waals surface area contributed by atoms with Gasteiger partial charge >= 0.3 is 0 Å². The number of hydrogen-bond acceptors (Lipinski definition) is 4. The summed E-state index contributed by atoms with van der Waals surface area (Å²) in [6.07, 6.45) is 2.18. The van der Waals surface area contributed by atoms with Crippen molar-refractivity contribution in [2.45, 2.75) is 19.4 Å². The van der Waals surface area contributed by atoms with Gasteiger partial charge in [-0.1, -0.05) is 12.1 Å². The third kappa shape index (κ3) is 4.17. The molecule has 1 aromatic heterocycles. The van der Waals surface area contributed by atoms with Crippen molar-refractivity contribution in [3.05, 3.63) is 46.4 Å². The molecule has 0 aliphatic carbocycles. The number of nitrogens with zero attached hydrogens (tertiary/aromatic N) is 1. The Morgan fingerprint density at radius 1 is 1.35 bits per heavy atom. The molecule has 90 valence electrons. The highest BCUT2D eigenvalue weighted by molar-refractivity contribution is 7.07. The van der Waals surface area contributed by atoms with Crippen LogP contribution in [0.15, 0.2) is 35.2 Å². The van der Waals surface area contributed by atoms with Crippen LogP contribution >= 0.6 is 11.3 Å². The first-order chi connectivity index (χ1) is 8.34. The largest absolute Gasteiger partial charge is 0.399 e. The second-order valence-electron chi connectivity index (χ2n) is 4.01. The summed E-state index contributed by atoms with van der Waals surface area (Å²) in [6, 6.07) is 8.09. The van der Waals surface area contributed by atoms with Crippen molar-refractivity contribution < 1.29 is 0 Å². The first-order valence-corrected chi connectivity index (χ1v) is 6.71. The average molecular weight is 247 g/mol. The second-order valence-corrected chi connectivity index (χ2v) is 4.72. The van der Waals surface area contributed by atoms with Crippen LogP contribution in [0.3, 0.4) is 0 Å². The van der Waals surface area contributed by atoms with Gasteiger partial charge in [-0.15, -0.1) is 11.3 Å². The number of nitrogens with one attached hydrogen (secondary N) is 1. The fourth-order valence-electron chi connectivity index (χ4n) is 1.71. The van der Waals surface area contributed by atoms with Gasteiger partial charge in [-0.25, -0.2) is 4.98 Å². The molecule has 0 aliphatic heterocycles. The molecule has 2 aromatic rings. The fourth-order valence-corrected chi connectivity index (χ4v) is 2.27. The Hall–Kier alpha value is -1.39. The van der Waals surface area contributed by atoms with Gasteiger partial charge in [0.15, 0.2) is 0 Å². The first-order valence-electron chi connectivity index (χ1n) is 5.77. The number of anilines is 1. The van der Waals surface area contributed by atoms with Crippen LogP contribution < -0.4 is 11.1 Å². The molecule has 0 bridgehead atoms. The lowest BCUT2D eigenvalue weighted by atomic mass is 10.1. The average Bonchev–Trinajstić information content (AvgIpc) is 2.82. The molecule has 0 saturated heterocycles. The van der Waals surface area contributed by atoms with Crippen molar-refractivity contribution >= 4 is 17.0 Å². The number of benzene rings is 1. The van der Waals surface area contributed by atoms with Crippen molar-refractivity contribution in [1.29, 1.82) is 0 Å². The van der Waals surface area contributed by atoms with E-state index in [1.165, 1.54) is 5.56 Å². The van der Waals surface area contributed by atoms with E-state index in [2.05, 4.69) is 21.7 Å². The van der Waals surface area contributed by atoms with Crippen LogP contribution in [0, 0.1) is 0 Å². The molecule has 0 fully saturated rings. The molecule has 0 saturated carbocycles. The third-order valence-corrected chi connectivity index (χ3v) is 3.19. The van der Waals surface area contributed by atoms with Gasteiger partial charge in [-0.3, -0.25) is 0 Å². The standard InChI is InChI=1S/C13H17N3S/c14-12-5-1-3-11(7-12)4-2-6-15-8-13-9-17-10-16-13/h1,3,5,7,9-10,15H,2,4,6,8,14H2. The van der Waals surface area contributed by atoms with Gasteiger partial charge in [0.05, 0.1) is 11.2 Å². The molecule has 0 aliphatic rings. The number of thiazole rings is 1. The number of nitrogens with two attached hydrogens (primary N) is 1. The Morgan fingerprint density at radius 2 is 2.29 bits per heavy atom. The summed E-state index contributed by atoms with van der Waals surface area (Å²) >= 11 is 1.64. The maximum Gasteiger partial charge on any atom is 0.0795 e. The summed E-state index contributed by atoms with van der Waals surface area (Å²) in [7, 11) is 0. The number of aryl methyl sites for hydroxylation is 1. The van der Waals surface area contributed by atoms with E-state index >= 15 is 0 Å². The van der Waals surface area contributed by atoms with E-state index in [9.17, 15) is 0 Å². The van der Waals surface area contributed by atoms with Gasteiger partial charge in [0.2, 0.25) is 0 Å². The predicted molar refractivity (Wildman–Crippen MR) is 73.0 cm³/mol.